The van der Waals surface area contributed by atoms with Gasteiger partial charge in [0.05, 0.1) is 10.7 Å². The Hall–Kier alpha value is -0.950. The van der Waals surface area contributed by atoms with Crippen LogP contribution in [0.4, 0.5) is 0 Å². The van der Waals surface area contributed by atoms with E-state index in [0.29, 0.717) is 5.56 Å². The van der Waals surface area contributed by atoms with Gasteiger partial charge in [-0.05, 0) is 12.1 Å². The number of nitrogens with one attached hydrogen (secondary N) is 2. The average molecular weight is 261 g/mol. The maximum absolute atomic E-state index is 9.35. The first-order valence-electron chi connectivity index (χ1n) is 4.40. The van der Waals surface area contributed by atoms with Crippen LogP contribution in [0.3, 0.4) is 0 Å². The minimum atomic E-state index is -0.405. The van der Waals surface area contributed by atoms with Crippen LogP contribution in [-0.2, 0) is 4.74 Å². The number of epoxide rings is 1. The van der Waals surface area contributed by atoms with E-state index in [1.807, 2.05) is 0 Å². The summed E-state index contributed by atoms with van der Waals surface area (Å²) in [5, 5.41) is 26.4. The number of halogens is 1. The van der Waals surface area contributed by atoms with E-state index < -0.39 is 6.10 Å². The van der Waals surface area contributed by atoms with Gasteiger partial charge >= 0.3 is 0 Å². The first-order valence-corrected chi connectivity index (χ1v) is 5.22. The largest absolute Gasteiger partial charge is 0.504 e. The standard InChI is InChI=1S/C9H9ClN2O3S/c10-4-1-3(2-5(13)7(4)14)6(11)8-9(12-16)15-8/h1-2,8-9,11-14,16H. The van der Waals surface area contributed by atoms with Gasteiger partial charge in [-0.2, -0.15) is 0 Å². The minimum Gasteiger partial charge on any atom is -0.504 e. The van der Waals surface area contributed by atoms with Crippen LogP contribution in [0.1, 0.15) is 5.56 Å². The van der Waals surface area contributed by atoms with Crippen molar-refractivity contribution < 1.29 is 14.9 Å². The molecule has 1 aromatic rings. The maximum Gasteiger partial charge on any atom is 0.176 e. The third-order valence-corrected chi connectivity index (χ3v) is 2.80. The van der Waals surface area contributed by atoms with Gasteiger partial charge in [-0.1, -0.05) is 24.4 Å². The van der Waals surface area contributed by atoms with E-state index in [4.69, 9.17) is 21.7 Å². The van der Waals surface area contributed by atoms with Crippen molar-refractivity contribution in [1.82, 2.24) is 4.72 Å². The van der Waals surface area contributed by atoms with Crippen molar-refractivity contribution in [3.05, 3.63) is 22.7 Å². The zero-order valence-electron chi connectivity index (χ0n) is 7.94. The Kier molecular flexibility index (Phi) is 2.98. The molecule has 1 aliphatic rings. The number of ether oxygens (including phenoxy) is 1. The smallest absolute Gasteiger partial charge is 0.176 e. The predicted molar refractivity (Wildman–Crippen MR) is 62.4 cm³/mol. The molecule has 0 spiro atoms. The number of hydrogen-bond donors (Lipinski definition) is 5. The molecule has 2 unspecified atom stereocenters. The summed E-state index contributed by atoms with van der Waals surface area (Å²) < 4.78 is 7.66. The molecule has 4 N–H and O–H groups in total. The highest BCUT2D eigenvalue weighted by Gasteiger charge is 2.42. The van der Waals surface area contributed by atoms with Gasteiger partial charge < -0.3 is 20.4 Å². The maximum atomic E-state index is 9.35. The lowest BCUT2D eigenvalue weighted by molar-refractivity contribution is 0.389. The fraction of sp³-hybridized carbons (Fsp3) is 0.222. The number of rotatable bonds is 3. The number of phenols is 2. The highest BCUT2D eigenvalue weighted by atomic mass is 35.5. The predicted octanol–water partition coefficient (Wildman–Crippen LogP) is 1.28. The van der Waals surface area contributed by atoms with E-state index in [9.17, 15) is 10.2 Å². The van der Waals surface area contributed by atoms with E-state index in [1.165, 1.54) is 12.1 Å². The number of hydrogen-bond acceptors (Lipinski definition) is 6. The molecule has 5 nitrogen and oxygen atoms in total. The Labute approximate surface area is 102 Å². The topological polar surface area (TPSA) is 88.9 Å². The average Bonchev–Trinajstić information content (AvgIpc) is 3.03. The van der Waals surface area contributed by atoms with Gasteiger partial charge in [0, 0.05) is 5.56 Å². The summed E-state index contributed by atoms with van der Waals surface area (Å²) in [5.74, 6) is -0.748. The molecule has 86 valence electrons. The zero-order chi connectivity index (χ0) is 11.9. The molecule has 1 aliphatic heterocycles. The Morgan fingerprint density at radius 1 is 1.50 bits per heavy atom. The van der Waals surface area contributed by atoms with Gasteiger partial charge in [0.25, 0.3) is 0 Å². The van der Waals surface area contributed by atoms with Crippen LogP contribution in [0.25, 0.3) is 0 Å². The molecule has 0 radical (unpaired) electrons. The van der Waals surface area contributed by atoms with Gasteiger partial charge in [-0.15, -0.1) is 0 Å². The third kappa shape index (κ3) is 1.97. The Balaban J connectivity index is 2.25. The number of thiol groups is 1. The van der Waals surface area contributed by atoms with Crippen LogP contribution >= 0.6 is 24.4 Å². The summed E-state index contributed by atoms with van der Waals surface area (Å²) in [5.41, 5.74) is 0.570. The number of aromatic hydroxyl groups is 2. The molecule has 2 rings (SSSR count). The van der Waals surface area contributed by atoms with E-state index in [2.05, 4.69) is 17.5 Å². The van der Waals surface area contributed by atoms with Crippen molar-refractivity contribution >= 4 is 30.1 Å². The summed E-state index contributed by atoms with van der Waals surface area (Å²) in [7, 11) is 0. The van der Waals surface area contributed by atoms with Gasteiger partial charge in [0.2, 0.25) is 0 Å². The summed E-state index contributed by atoms with van der Waals surface area (Å²) in [4.78, 5) is 0. The van der Waals surface area contributed by atoms with Crippen molar-refractivity contribution in [2.24, 2.45) is 0 Å². The van der Waals surface area contributed by atoms with Crippen LogP contribution in [0.15, 0.2) is 12.1 Å². The minimum absolute atomic E-state index is 0.00390. The summed E-state index contributed by atoms with van der Waals surface area (Å²) in [6.45, 7) is 0. The molecular weight excluding hydrogens is 252 g/mol. The Morgan fingerprint density at radius 3 is 2.69 bits per heavy atom. The number of phenolic OH excluding ortho intramolecular Hbond substituents is 2. The van der Waals surface area contributed by atoms with E-state index in [0.717, 1.165) is 0 Å². The third-order valence-electron chi connectivity index (χ3n) is 2.26. The molecule has 0 aliphatic carbocycles. The van der Waals surface area contributed by atoms with Crippen molar-refractivity contribution in [3.63, 3.8) is 0 Å². The summed E-state index contributed by atoms with van der Waals surface area (Å²) in [6, 6.07) is 2.66. The monoisotopic (exact) mass is 260 g/mol. The highest BCUT2D eigenvalue weighted by molar-refractivity contribution is 7.78. The number of benzene rings is 1. The second kappa shape index (κ2) is 4.14. The molecular formula is C9H9ClN2O3S. The lowest BCUT2D eigenvalue weighted by Crippen LogP contribution is -2.15. The molecule has 1 heterocycles. The van der Waals surface area contributed by atoms with E-state index >= 15 is 0 Å². The van der Waals surface area contributed by atoms with E-state index in [1.54, 1.807) is 0 Å². The molecule has 0 amide bonds. The SMILES string of the molecule is N=C(c1cc(O)c(O)c(Cl)c1)C1OC1NS. The van der Waals surface area contributed by atoms with Gasteiger partial charge in [0.15, 0.2) is 11.5 Å². The van der Waals surface area contributed by atoms with Crippen molar-refractivity contribution in [3.8, 4) is 11.5 Å². The summed E-state index contributed by atoms with van der Waals surface area (Å²) >= 11 is 9.49. The lowest BCUT2D eigenvalue weighted by atomic mass is 10.1. The van der Waals surface area contributed by atoms with Crippen LogP contribution < -0.4 is 4.72 Å². The fourth-order valence-corrected chi connectivity index (χ4v) is 1.75. The second-order valence-electron chi connectivity index (χ2n) is 3.35. The van der Waals surface area contributed by atoms with Crippen LogP contribution in [-0.4, -0.2) is 28.3 Å². The fourth-order valence-electron chi connectivity index (χ4n) is 1.33. The first kappa shape index (κ1) is 11.5. The highest BCUT2D eigenvalue weighted by Crippen LogP contribution is 2.35. The van der Waals surface area contributed by atoms with Crippen molar-refractivity contribution in [2.75, 3.05) is 0 Å². The molecule has 1 fully saturated rings. The summed E-state index contributed by atoms with van der Waals surface area (Å²) in [6.07, 6.45) is -0.705. The molecule has 0 aromatic heterocycles. The molecule has 1 aromatic carbocycles. The molecule has 7 heteroatoms. The van der Waals surface area contributed by atoms with Crippen LogP contribution in [0, 0.1) is 5.41 Å². The first-order chi connectivity index (χ1) is 7.54. The Bertz CT molecular complexity index is 431. The molecule has 2 atom stereocenters. The van der Waals surface area contributed by atoms with Crippen LogP contribution in [0.5, 0.6) is 11.5 Å². The molecule has 0 saturated carbocycles. The van der Waals surface area contributed by atoms with Crippen LogP contribution in [0.2, 0.25) is 5.02 Å². The lowest BCUT2D eigenvalue weighted by Gasteiger charge is -2.05. The van der Waals surface area contributed by atoms with Gasteiger partial charge in [-0.25, -0.2) is 4.72 Å². The molecule has 0 bridgehead atoms. The zero-order valence-corrected chi connectivity index (χ0v) is 9.59. The van der Waals surface area contributed by atoms with E-state index in [-0.39, 0.29) is 28.5 Å². The molecule has 1 saturated heterocycles. The normalized spacial score (nSPS) is 23.1. The Morgan fingerprint density at radius 2 is 2.19 bits per heavy atom. The van der Waals surface area contributed by atoms with Gasteiger partial charge in [-0.3, -0.25) is 0 Å². The second-order valence-corrected chi connectivity index (χ2v) is 4.01. The quantitative estimate of drug-likeness (QED) is 0.245. The van der Waals surface area contributed by atoms with Gasteiger partial charge in [0.1, 0.15) is 12.3 Å². The van der Waals surface area contributed by atoms with Crippen molar-refractivity contribution in [2.45, 2.75) is 12.3 Å². The molecule has 16 heavy (non-hydrogen) atoms. The van der Waals surface area contributed by atoms with Crippen molar-refractivity contribution in [1.29, 1.82) is 5.41 Å².